The molecule has 23 heavy (non-hydrogen) atoms. The Labute approximate surface area is 136 Å². The highest BCUT2D eigenvalue weighted by Gasteiger charge is 2.38. The number of allylic oxidation sites excluding steroid dienone is 2. The molecule has 1 aliphatic heterocycles. The smallest absolute Gasteiger partial charge is 0.320 e. The molecule has 4 nitrogen and oxygen atoms in total. The molecule has 0 saturated heterocycles. The van der Waals surface area contributed by atoms with E-state index < -0.39 is 11.9 Å². The first kappa shape index (κ1) is 17.1. The third kappa shape index (κ3) is 3.95. The Bertz CT molecular complexity index is 646. The summed E-state index contributed by atoms with van der Waals surface area (Å²) < 4.78 is 0. The van der Waals surface area contributed by atoms with E-state index in [1.165, 1.54) is 0 Å². The summed E-state index contributed by atoms with van der Waals surface area (Å²) in [7, 11) is 0. The minimum atomic E-state index is -1.15. The molecule has 2 unspecified atom stereocenters. The summed E-state index contributed by atoms with van der Waals surface area (Å²) in [4.78, 5) is 28.6. The molecular weight excluding hydrogens is 290 g/mol. The molecule has 1 aliphatic rings. The van der Waals surface area contributed by atoms with Gasteiger partial charge < -0.3 is 5.11 Å². The summed E-state index contributed by atoms with van der Waals surface area (Å²) in [6.45, 7) is 4.08. The number of benzene rings is 1. The van der Waals surface area contributed by atoms with E-state index in [-0.39, 0.29) is 11.7 Å². The first-order valence-corrected chi connectivity index (χ1v) is 8.15. The SMILES string of the molecule is CCCC=CCCC(C)C1=Nc2ccccc2C(=O)C1C(=O)O. The number of nitrogens with zero attached hydrogens (tertiary/aromatic N) is 1. The molecule has 122 valence electrons. The van der Waals surface area contributed by atoms with Crippen molar-refractivity contribution in [3.8, 4) is 0 Å². The normalized spacial score (nSPS) is 18.6. The molecule has 1 aromatic carbocycles. The monoisotopic (exact) mass is 313 g/mol. The third-order valence-corrected chi connectivity index (χ3v) is 4.12. The van der Waals surface area contributed by atoms with Crippen molar-refractivity contribution < 1.29 is 14.7 Å². The molecule has 0 amide bonds. The number of ketones is 1. The summed E-state index contributed by atoms with van der Waals surface area (Å²) in [6.07, 6.45) is 8.09. The number of carbonyl (C=O) groups is 2. The molecule has 0 aliphatic carbocycles. The van der Waals surface area contributed by atoms with Gasteiger partial charge in [0.1, 0.15) is 0 Å². The maximum absolute atomic E-state index is 12.5. The van der Waals surface area contributed by atoms with Crippen molar-refractivity contribution in [1.82, 2.24) is 0 Å². The van der Waals surface area contributed by atoms with Crippen LogP contribution in [-0.2, 0) is 4.79 Å². The Kier molecular flexibility index (Phi) is 5.85. The summed E-state index contributed by atoms with van der Waals surface area (Å²) in [5.41, 5.74) is 1.46. The largest absolute Gasteiger partial charge is 0.480 e. The second-order valence-corrected chi connectivity index (χ2v) is 5.93. The van der Waals surface area contributed by atoms with E-state index in [1.54, 1.807) is 18.2 Å². The molecule has 0 radical (unpaired) electrons. The zero-order valence-electron chi connectivity index (χ0n) is 13.7. The predicted octanol–water partition coefficient (Wildman–Crippen LogP) is 4.43. The van der Waals surface area contributed by atoms with Crippen LogP contribution >= 0.6 is 0 Å². The Morgan fingerprint density at radius 2 is 2.00 bits per heavy atom. The summed E-state index contributed by atoms with van der Waals surface area (Å²) in [5.74, 6) is -2.66. The van der Waals surface area contributed by atoms with Crippen LogP contribution in [0.15, 0.2) is 41.4 Å². The number of para-hydroxylation sites is 1. The predicted molar refractivity (Wildman–Crippen MR) is 91.4 cm³/mol. The Morgan fingerprint density at radius 3 is 2.70 bits per heavy atom. The number of fused-ring (bicyclic) bond motifs is 1. The topological polar surface area (TPSA) is 66.7 Å². The van der Waals surface area contributed by atoms with Crippen LogP contribution in [-0.4, -0.2) is 22.6 Å². The van der Waals surface area contributed by atoms with E-state index in [1.807, 2.05) is 13.0 Å². The average Bonchev–Trinajstić information content (AvgIpc) is 2.54. The number of hydrogen-bond donors (Lipinski definition) is 1. The fraction of sp³-hybridized carbons (Fsp3) is 0.421. The molecule has 0 saturated carbocycles. The number of aliphatic imine (C=N–C) groups is 1. The van der Waals surface area contributed by atoms with Gasteiger partial charge in [0.05, 0.1) is 5.69 Å². The van der Waals surface area contributed by atoms with Crippen LogP contribution in [0, 0.1) is 11.8 Å². The van der Waals surface area contributed by atoms with Crippen LogP contribution in [0.1, 0.15) is 49.9 Å². The highest BCUT2D eigenvalue weighted by molar-refractivity contribution is 6.27. The van der Waals surface area contributed by atoms with E-state index in [4.69, 9.17) is 0 Å². The van der Waals surface area contributed by atoms with Crippen molar-refractivity contribution in [1.29, 1.82) is 0 Å². The number of aliphatic carboxylic acids is 1. The average molecular weight is 313 g/mol. The number of carbonyl (C=O) groups excluding carboxylic acids is 1. The lowest BCUT2D eigenvalue weighted by atomic mass is 9.82. The second kappa shape index (κ2) is 7.86. The highest BCUT2D eigenvalue weighted by Crippen LogP contribution is 2.32. The Morgan fingerprint density at radius 1 is 1.30 bits per heavy atom. The molecular formula is C19H23NO3. The fourth-order valence-electron chi connectivity index (χ4n) is 2.80. The third-order valence-electron chi connectivity index (χ3n) is 4.12. The molecule has 1 aromatic rings. The zero-order chi connectivity index (χ0) is 16.8. The minimum Gasteiger partial charge on any atom is -0.480 e. The molecule has 0 aromatic heterocycles. The van der Waals surface area contributed by atoms with Crippen LogP contribution in [0.4, 0.5) is 5.69 Å². The van der Waals surface area contributed by atoms with Crippen LogP contribution in [0.2, 0.25) is 0 Å². The molecule has 1 heterocycles. The molecule has 0 bridgehead atoms. The van der Waals surface area contributed by atoms with Gasteiger partial charge in [0, 0.05) is 11.3 Å². The van der Waals surface area contributed by atoms with Gasteiger partial charge in [-0.3, -0.25) is 14.6 Å². The van der Waals surface area contributed by atoms with E-state index in [2.05, 4.69) is 24.1 Å². The van der Waals surface area contributed by atoms with Gasteiger partial charge in [0.2, 0.25) is 0 Å². The van der Waals surface area contributed by atoms with E-state index in [0.29, 0.717) is 17.0 Å². The molecule has 2 atom stereocenters. The number of unbranched alkanes of at least 4 members (excludes halogenated alkanes) is 1. The van der Waals surface area contributed by atoms with Gasteiger partial charge >= 0.3 is 5.97 Å². The molecule has 2 rings (SSSR count). The lowest BCUT2D eigenvalue weighted by Gasteiger charge is -2.24. The fourth-order valence-corrected chi connectivity index (χ4v) is 2.80. The quantitative estimate of drug-likeness (QED) is 0.598. The van der Waals surface area contributed by atoms with E-state index in [9.17, 15) is 14.7 Å². The first-order chi connectivity index (χ1) is 11.1. The van der Waals surface area contributed by atoms with Crippen LogP contribution < -0.4 is 0 Å². The standard InChI is InChI=1S/C19H23NO3/c1-3-4-5-6-7-10-13(2)17-16(19(22)23)18(21)14-11-8-9-12-15(14)20-17/h5-6,8-9,11-13,16H,3-4,7,10H2,1-2H3,(H,22,23). The first-order valence-electron chi connectivity index (χ1n) is 8.15. The summed E-state index contributed by atoms with van der Waals surface area (Å²) in [5, 5.41) is 9.48. The number of hydrogen-bond acceptors (Lipinski definition) is 3. The van der Waals surface area contributed by atoms with Gasteiger partial charge in [-0.15, -0.1) is 0 Å². The van der Waals surface area contributed by atoms with Crippen molar-refractivity contribution in [3.05, 3.63) is 42.0 Å². The minimum absolute atomic E-state index is 0.0420. The van der Waals surface area contributed by atoms with Crippen molar-refractivity contribution in [2.24, 2.45) is 16.8 Å². The van der Waals surface area contributed by atoms with Crippen molar-refractivity contribution >= 4 is 23.2 Å². The van der Waals surface area contributed by atoms with Crippen molar-refractivity contribution in [2.75, 3.05) is 0 Å². The zero-order valence-corrected chi connectivity index (χ0v) is 13.7. The Balaban J connectivity index is 2.22. The van der Waals surface area contributed by atoms with Crippen LogP contribution in [0.5, 0.6) is 0 Å². The maximum atomic E-state index is 12.5. The number of rotatable bonds is 7. The van der Waals surface area contributed by atoms with Gasteiger partial charge in [-0.1, -0.05) is 44.6 Å². The van der Waals surface area contributed by atoms with Crippen molar-refractivity contribution in [3.63, 3.8) is 0 Å². The Hall–Kier alpha value is -2.23. The molecule has 1 N–H and O–H groups in total. The van der Waals surface area contributed by atoms with Gasteiger partial charge in [-0.05, 0) is 37.3 Å². The summed E-state index contributed by atoms with van der Waals surface area (Å²) >= 11 is 0. The van der Waals surface area contributed by atoms with E-state index in [0.717, 1.165) is 25.7 Å². The molecule has 0 fully saturated rings. The lowest BCUT2D eigenvalue weighted by molar-refractivity contribution is -0.138. The van der Waals surface area contributed by atoms with Crippen molar-refractivity contribution in [2.45, 2.75) is 39.5 Å². The van der Waals surface area contributed by atoms with Crippen LogP contribution in [0.3, 0.4) is 0 Å². The van der Waals surface area contributed by atoms with Gasteiger partial charge in [-0.2, -0.15) is 0 Å². The molecule has 0 spiro atoms. The molecule has 4 heteroatoms. The second-order valence-electron chi connectivity index (χ2n) is 5.93. The van der Waals surface area contributed by atoms with E-state index >= 15 is 0 Å². The maximum Gasteiger partial charge on any atom is 0.320 e. The van der Waals surface area contributed by atoms with Crippen LogP contribution in [0.25, 0.3) is 0 Å². The summed E-state index contributed by atoms with van der Waals surface area (Å²) in [6, 6.07) is 6.95. The van der Waals surface area contributed by atoms with Gasteiger partial charge in [-0.25, -0.2) is 0 Å². The number of carboxylic acids is 1. The van der Waals surface area contributed by atoms with Gasteiger partial charge in [0.25, 0.3) is 0 Å². The van der Waals surface area contributed by atoms with Gasteiger partial charge in [0.15, 0.2) is 11.7 Å². The highest BCUT2D eigenvalue weighted by atomic mass is 16.4. The lowest BCUT2D eigenvalue weighted by Crippen LogP contribution is -2.37. The number of Topliss-reactive ketones (excluding diaryl/α,β-unsaturated/α-hetero) is 1. The number of carboxylic acid groups (broad SMARTS) is 1.